The van der Waals surface area contributed by atoms with Crippen LogP contribution in [0.4, 0.5) is 0 Å². The van der Waals surface area contributed by atoms with Gasteiger partial charge in [0.15, 0.2) is 12.0 Å². The van der Waals surface area contributed by atoms with Gasteiger partial charge in [-0.15, -0.1) is 0 Å². The lowest BCUT2D eigenvalue weighted by atomic mass is 9.88. The van der Waals surface area contributed by atoms with Crippen molar-refractivity contribution in [3.63, 3.8) is 0 Å². The van der Waals surface area contributed by atoms with Crippen molar-refractivity contribution in [1.82, 2.24) is 14.5 Å². The molecule has 0 amide bonds. The number of fused-ring (bicyclic) bond motifs is 2. The lowest BCUT2D eigenvalue weighted by molar-refractivity contribution is -0.223. The number of aromatic amines is 1. The first-order valence-electron chi connectivity index (χ1n) is 10.3. The Morgan fingerprint density at radius 3 is 2.72 bits per heavy atom. The molecule has 0 radical (unpaired) electrons. The van der Waals surface area contributed by atoms with Crippen LogP contribution in [0.3, 0.4) is 0 Å². The predicted molar refractivity (Wildman–Crippen MR) is 115 cm³/mol. The van der Waals surface area contributed by atoms with Crippen molar-refractivity contribution in [3.05, 3.63) is 58.9 Å². The van der Waals surface area contributed by atoms with E-state index in [0.717, 1.165) is 11.0 Å². The Labute approximate surface area is 189 Å². The molecular weight excluding hydrogens is 436 g/mol. The van der Waals surface area contributed by atoms with Crippen molar-refractivity contribution >= 4 is 22.6 Å². The standard InChI is InChI=1S/C22H25ClN4O5/c1-21(2)31-17-20(27-10-9-14-18(26-29-4)24-11-25-19(14)27)30-16(22(17,3)32-21)15(28)12-5-7-13(23)8-6-12/h5-11,15-17,20,28H,1-4H3,(H,24,25,26)/t15-,16-,17+,20-,22-/m1/s1. The van der Waals surface area contributed by atoms with Crippen LogP contribution in [0.2, 0.25) is 5.02 Å². The largest absolute Gasteiger partial charge is 0.397 e. The lowest BCUT2D eigenvalue weighted by Gasteiger charge is -2.32. The molecule has 0 aliphatic carbocycles. The minimum Gasteiger partial charge on any atom is -0.397 e. The molecule has 0 saturated carbocycles. The molecule has 2 N–H and O–H groups in total. The first-order valence-corrected chi connectivity index (χ1v) is 10.7. The highest BCUT2D eigenvalue weighted by Gasteiger charge is 2.65. The molecule has 0 bridgehead atoms. The van der Waals surface area contributed by atoms with Gasteiger partial charge in [0.1, 0.15) is 36.7 Å². The minimum atomic E-state index is -0.950. The van der Waals surface area contributed by atoms with Gasteiger partial charge in [-0.25, -0.2) is 4.98 Å². The SMILES string of the molecule is CON=c1nc[nH]c2c1ccn2[C@@H]1O[C@H]([C@H](O)c2ccc(Cl)cc2)[C@@]2(C)OC(C)(C)O[C@@H]12. The molecule has 4 heterocycles. The fourth-order valence-corrected chi connectivity index (χ4v) is 4.89. The van der Waals surface area contributed by atoms with Gasteiger partial charge in [0.2, 0.25) is 5.49 Å². The van der Waals surface area contributed by atoms with E-state index >= 15 is 0 Å². The summed E-state index contributed by atoms with van der Waals surface area (Å²) in [5.74, 6) is -0.843. The molecule has 2 aromatic heterocycles. The van der Waals surface area contributed by atoms with Crippen LogP contribution in [-0.4, -0.2) is 50.3 Å². The van der Waals surface area contributed by atoms with E-state index in [4.69, 9.17) is 30.6 Å². The van der Waals surface area contributed by atoms with E-state index in [1.807, 2.05) is 37.6 Å². The number of aromatic nitrogens is 3. The summed E-state index contributed by atoms with van der Waals surface area (Å²) >= 11 is 6.03. The molecule has 2 saturated heterocycles. The maximum Gasteiger partial charge on any atom is 0.203 e. The Kier molecular flexibility index (Phi) is 5.06. The maximum atomic E-state index is 11.3. The number of nitrogens with zero attached hydrogens (tertiary/aromatic N) is 3. The van der Waals surface area contributed by atoms with Crippen LogP contribution < -0.4 is 5.49 Å². The fourth-order valence-electron chi connectivity index (χ4n) is 4.76. The van der Waals surface area contributed by atoms with Gasteiger partial charge >= 0.3 is 0 Å². The average molecular weight is 461 g/mol. The number of benzene rings is 1. The van der Waals surface area contributed by atoms with Crippen LogP contribution in [0.5, 0.6) is 0 Å². The van der Waals surface area contributed by atoms with Crippen molar-refractivity contribution in [2.45, 2.75) is 56.7 Å². The van der Waals surface area contributed by atoms with Crippen LogP contribution in [-0.2, 0) is 19.0 Å². The van der Waals surface area contributed by atoms with E-state index < -0.39 is 35.9 Å². The van der Waals surface area contributed by atoms with Crippen molar-refractivity contribution in [1.29, 1.82) is 0 Å². The Morgan fingerprint density at radius 1 is 1.25 bits per heavy atom. The summed E-state index contributed by atoms with van der Waals surface area (Å²) in [4.78, 5) is 12.3. The number of ether oxygens (including phenoxy) is 3. The second-order valence-corrected chi connectivity index (χ2v) is 9.09. The fraction of sp³-hybridized carbons (Fsp3) is 0.455. The normalized spacial score (nSPS) is 30.6. The summed E-state index contributed by atoms with van der Waals surface area (Å²) in [6.45, 7) is 5.64. The van der Waals surface area contributed by atoms with Gasteiger partial charge in [-0.1, -0.05) is 28.9 Å². The molecule has 170 valence electrons. The average Bonchev–Trinajstić information content (AvgIpc) is 3.35. The van der Waals surface area contributed by atoms with Gasteiger partial charge < -0.3 is 33.7 Å². The number of rotatable bonds is 4. The Hall–Kier alpha value is -2.43. The summed E-state index contributed by atoms with van der Waals surface area (Å²) < 4.78 is 21.0. The third kappa shape index (κ3) is 3.32. The highest BCUT2D eigenvalue weighted by Crippen LogP contribution is 2.53. The summed E-state index contributed by atoms with van der Waals surface area (Å²) in [6, 6.07) is 8.93. The monoisotopic (exact) mass is 460 g/mol. The molecule has 0 spiro atoms. The van der Waals surface area contributed by atoms with Crippen LogP contribution >= 0.6 is 11.6 Å². The predicted octanol–water partition coefficient (Wildman–Crippen LogP) is 3.02. The second-order valence-electron chi connectivity index (χ2n) is 8.65. The van der Waals surface area contributed by atoms with Crippen molar-refractivity contribution in [2.24, 2.45) is 5.16 Å². The number of aliphatic hydroxyl groups is 1. The minimum absolute atomic E-state index is 0.447. The van der Waals surface area contributed by atoms with Gasteiger partial charge in [-0.05, 0) is 44.5 Å². The molecular formula is C22H25ClN4O5. The molecule has 32 heavy (non-hydrogen) atoms. The summed E-state index contributed by atoms with van der Waals surface area (Å²) in [7, 11) is 1.47. The van der Waals surface area contributed by atoms with Crippen LogP contribution in [0.1, 0.15) is 38.7 Å². The second kappa shape index (κ2) is 7.57. The number of aliphatic hydroxyl groups excluding tert-OH is 1. The van der Waals surface area contributed by atoms with Gasteiger partial charge in [-0.3, -0.25) is 0 Å². The third-order valence-electron chi connectivity index (χ3n) is 6.05. The number of hydrogen-bond acceptors (Lipinski definition) is 7. The Balaban J connectivity index is 1.59. The molecule has 5 rings (SSSR count). The molecule has 1 aromatic carbocycles. The highest BCUT2D eigenvalue weighted by molar-refractivity contribution is 6.30. The molecule has 3 aromatic rings. The molecule has 5 atom stereocenters. The van der Waals surface area contributed by atoms with Crippen molar-refractivity contribution in [2.75, 3.05) is 7.11 Å². The first-order chi connectivity index (χ1) is 15.2. The van der Waals surface area contributed by atoms with Gasteiger partial charge in [0, 0.05) is 11.2 Å². The Morgan fingerprint density at radius 2 is 2.00 bits per heavy atom. The zero-order valence-electron chi connectivity index (χ0n) is 18.2. The van der Waals surface area contributed by atoms with E-state index in [1.165, 1.54) is 7.11 Å². The van der Waals surface area contributed by atoms with Crippen molar-refractivity contribution < 1.29 is 24.2 Å². The molecule has 2 aliphatic heterocycles. The molecule has 10 heteroatoms. The third-order valence-corrected chi connectivity index (χ3v) is 6.30. The number of H-pyrrole nitrogens is 1. The van der Waals surface area contributed by atoms with Crippen molar-refractivity contribution in [3.8, 4) is 0 Å². The van der Waals surface area contributed by atoms with E-state index in [9.17, 15) is 5.11 Å². The zero-order valence-corrected chi connectivity index (χ0v) is 18.9. The Bertz CT molecular complexity index is 1210. The van der Waals surface area contributed by atoms with Crippen LogP contribution in [0.15, 0.2) is 48.0 Å². The first kappa shape index (κ1) is 21.4. The van der Waals surface area contributed by atoms with Gasteiger partial charge in [-0.2, -0.15) is 0 Å². The maximum absolute atomic E-state index is 11.3. The van der Waals surface area contributed by atoms with E-state index in [-0.39, 0.29) is 0 Å². The van der Waals surface area contributed by atoms with E-state index in [1.54, 1.807) is 30.6 Å². The zero-order chi connectivity index (χ0) is 22.7. The smallest absolute Gasteiger partial charge is 0.203 e. The number of nitrogens with one attached hydrogen (secondary N) is 1. The molecule has 2 aliphatic rings. The lowest BCUT2D eigenvalue weighted by Crippen LogP contribution is -2.46. The van der Waals surface area contributed by atoms with Gasteiger partial charge in [0.25, 0.3) is 0 Å². The molecule has 9 nitrogen and oxygen atoms in total. The van der Waals surface area contributed by atoms with Crippen LogP contribution in [0.25, 0.3) is 11.0 Å². The summed E-state index contributed by atoms with van der Waals surface area (Å²) in [6.07, 6.45) is 0.719. The summed E-state index contributed by atoms with van der Waals surface area (Å²) in [5.41, 5.74) is 0.958. The number of hydrogen-bond donors (Lipinski definition) is 2. The number of halogens is 1. The highest BCUT2D eigenvalue weighted by atomic mass is 35.5. The molecule has 2 fully saturated rings. The quantitative estimate of drug-likeness (QED) is 0.580. The van der Waals surface area contributed by atoms with E-state index in [2.05, 4.69) is 15.1 Å². The van der Waals surface area contributed by atoms with Gasteiger partial charge in [0.05, 0.1) is 11.7 Å². The summed E-state index contributed by atoms with van der Waals surface area (Å²) in [5, 5.41) is 16.6. The topological polar surface area (TPSA) is 103 Å². The molecule has 0 unspecified atom stereocenters. The van der Waals surface area contributed by atoms with E-state index in [0.29, 0.717) is 16.1 Å². The van der Waals surface area contributed by atoms with Crippen LogP contribution in [0, 0.1) is 0 Å².